The maximum absolute atomic E-state index is 13.0. The number of thiol groups is 3. The average Bonchev–Trinajstić information content (AvgIpc) is 3.09. The van der Waals surface area contributed by atoms with E-state index in [1.54, 1.807) is 12.1 Å². The van der Waals surface area contributed by atoms with Crippen molar-refractivity contribution in [1.82, 2.24) is 5.32 Å². The molecule has 12 nitrogen and oxygen atoms in total. The van der Waals surface area contributed by atoms with E-state index in [2.05, 4.69) is 50.1 Å². The molecule has 0 unspecified atom stereocenters. The average molecular weight is 742 g/mol. The van der Waals surface area contributed by atoms with Crippen LogP contribution in [0.5, 0.6) is 17.2 Å². The van der Waals surface area contributed by atoms with Crippen molar-refractivity contribution < 1.29 is 52.2 Å². The molecule has 0 saturated heterocycles. The van der Waals surface area contributed by atoms with Gasteiger partial charge in [-0.3, -0.25) is 4.79 Å². The number of ether oxygens (including phenoxy) is 10. The Morgan fingerprint density at radius 1 is 0.521 bits per heavy atom. The second kappa shape index (κ2) is 34.3. The van der Waals surface area contributed by atoms with Gasteiger partial charge in [-0.15, -0.1) is 0 Å². The van der Waals surface area contributed by atoms with Gasteiger partial charge in [-0.2, -0.15) is 37.9 Å². The standard InChI is InChI=1S/C33H59NO11S3/c1-2-7-36-12-14-38-16-18-40-20-22-42-23-21-41-19-17-39-15-13-37-11-6-34-33(35)29-27-30(43-8-3-24-46)32(45-10-5-26-48)31(28-29)44-9-4-25-47/h27-28,46-48H,2-26H2,1H3,(H,34,35). The summed E-state index contributed by atoms with van der Waals surface area (Å²) >= 11 is 12.8. The van der Waals surface area contributed by atoms with E-state index in [9.17, 15) is 4.79 Å². The number of hydrogen-bond donors (Lipinski definition) is 4. The largest absolute Gasteiger partial charge is 0.489 e. The lowest BCUT2D eigenvalue weighted by atomic mass is 10.1. The lowest BCUT2D eigenvalue weighted by Crippen LogP contribution is -2.28. The number of amides is 1. The Morgan fingerprint density at radius 3 is 1.25 bits per heavy atom. The van der Waals surface area contributed by atoms with Crippen LogP contribution in [0.2, 0.25) is 0 Å². The monoisotopic (exact) mass is 741 g/mol. The molecular weight excluding hydrogens is 683 g/mol. The van der Waals surface area contributed by atoms with Crippen LogP contribution >= 0.6 is 37.9 Å². The molecule has 0 aromatic heterocycles. The van der Waals surface area contributed by atoms with Crippen LogP contribution in [0, 0.1) is 0 Å². The smallest absolute Gasteiger partial charge is 0.251 e. The molecule has 0 heterocycles. The first-order chi connectivity index (χ1) is 23.7. The molecule has 1 amide bonds. The topological polar surface area (TPSA) is 121 Å². The van der Waals surface area contributed by atoms with Gasteiger partial charge in [0.05, 0.1) is 106 Å². The minimum Gasteiger partial charge on any atom is -0.489 e. The summed E-state index contributed by atoms with van der Waals surface area (Å²) in [6, 6.07) is 3.36. The summed E-state index contributed by atoms with van der Waals surface area (Å²) in [5.41, 5.74) is 0.408. The van der Waals surface area contributed by atoms with E-state index in [0.29, 0.717) is 152 Å². The van der Waals surface area contributed by atoms with Crippen molar-refractivity contribution in [2.45, 2.75) is 32.6 Å². The third-order valence-electron chi connectivity index (χ3n) is 6.06. The van der Waals surface area contributed by atoms with Crippen LogP contribution in [0.1, 0.15) is 43.0 Å². The number of benzene rings is 1. The predicted octanol–water partition coefficient (Wildman–Crippen LogP) is 4.04. The Morgan fingerprint density at radius 2 is 0.875 bits per heavy atom. The molecule has 1 aromatic carbocycles. The zero-order chi connectivity index (χ0) is 34.8. The summed E-state index contributed by atoms with van der Waals surface area (Å²) in [6.07, 6.45) is 3.27. The van der Waals surface area contributed by atoms with Crippen LogP contribution in [0.3, 0.4) is 0 Å². The number of rotatable bonds is 36. The van der Waals surface area contributed by atoms with Gasteiger partial charge in [-0.1, -0.05) is 6.92 Å². The summed E-state index contributed by atoms with van der Waals surface area (Å²) in [5, 5.41) is 2.88. The van der Waals surface area contributed by atoms with Crippen LogP contribution in [0.15, 0.2) is 12.1 Å². The molecule has 1 rings (SSSR count). The highest BCUT2D eigenvalue weighted by Crippen LogP contribution is 2.39. The first-order valence-corrected chi connectivity index (χ1v) is 18.8. The van der Waals surface area contributed by atoms with E-state index in [4.69, 9.17) is 47.4 Å². The Hall–Kier alpha value is -1.14. The Kier molecular flexibility index (Phi) is 32.1. The molecule has 1 aromatic rings. The van der Waals surface area contributed by atoms with Gasteiger partial charge < -0.3 is 52.7 Å². The van der Waals surface area contributed by atoms with Crippen LogP contribution in [0.25, 0.3) is 0 Å². The summed E-state index contributed by atoms with van der Waals surface area (Å²) in [4.78, 5) is 13.0. The van der Waals surface area contributed by atoms with E-state index in [1.807, 2.05) is 0 Å². The molecule has 0 bridgehead atoms. The molecule has 0 aliphatic heterocycles. The highest BCUT2D eigenvalue weighted by Gasteiger charge is 2.19. The number of hydrogen-bond acceptors (Lipinski definition) is 14. The van der Waals surface area contributed by atoms with E-state index >= 15 is 0 Å². The molecule has 0 atom stereocenters. The molecule has 0 aliphatic rings. The quantitative estimate of drug-likeness (QED) is 0.0590. The van der Waals surface area contributed by atoms with Crippen molar-refractivity contribution in [3.63, 3.8) is 0 Å². The van der Waals surface area contributed by atoms with E-state index in [-0.39, 0.29) is 5.91 Å². The normalized spacial score (nSPS) is 11.2. The van der Waals surface area contributed by atoms with Crippen molar-refractivity contribution in [1.29, 1.82) is 0 Å². The highest BCUT2D eigenvalue weighted by atomic mass is 32.1. The summed E-state index contributed by atoms with van der Waals surface area (Å²) in [5.74, 6) is 3.19. The molecule has 0 spiro atoms. The van der Waals surface area contributed by atoms with Gasteiger partial charge in [0.25, 0.3) is 5.91 Å². The maximum Gasteiger partial charge on any atom is 0.251 e. The summed E-state index contributed by atoms with van der Waals surface area (Å²) < 4.78 is 56.2. The van der Waals surface area contributed by atoms with E-state index in [1.165, 1.54) is 0 Å². The Labute approximate surface area is 304 Å². The lowest BCUT2D eigenvalue weighted by molar-refractivity contribution is -0.0203. The molecule has 1 N–H and O–H groups in total. The maximum atomic E-state index is 13.0. The van der Waals surface area contributed by atoms with Crippen molar-refractivity contribution in [3.8, 4) is 17.2 Å². The zero-order valence-corrected chi connectivity index (χ0v) is 31.3. The second-order valence-corrected chi connectivity index (χ2v) is 11.5. The minimum absolute atomic E-state index is 0.266. The van der Waals surface area contributed by atoms with Gasteiger partial charge in [-0.05, 0) is 55.1 Å². The third kappa shape index (κ3) is 24.9. The van der Waals surface area contributed by atoms with Crippen molar-refractivity contribution in [3.05, 3.63) is 17.7 Å². The Bertz CT molecular complexity index is 858. The molecule has 15 heteroatoms. The second-order valence-electron chi connectivity index (χ2n) is 10.1. The zero-order valence-electron chi connectivity index (χ0n) is 28.7. The third-order valence-corrected chi connectivity index (χ3v) is 7.01. The molecule has 0 radical (unpaired) electrons. The highest BCUT2D eigenvalue weighted by molar-refractivity contribution is 7.80. The first-order valence-electron chi connectivity index (χ1n) is 16.9. The number of carbonyl (C=O) groups is 1. The fourth-order valence-electron chi connectivity index (χ4n) is 3.70. The van der Waals surface area contributed by atoms with Gasteiger partial charge in [-0.25, -0.2) is 0 Å². The molecule has 0 fully saturated rings. The van der Waals surface area contributed by atoms with Crippen LogP contribution in [0.4, 0.5) is 0 Å². The van der Waals surface area contributed by atoms with Gasteiger partial charge in [0.1, 0.15) is 0 Å². The van der Waals surface area contributed by atoms with Crippen molar-refractivity contribution >= 4 is 43.8 Å². The molecule has 0 saturated carbocycles. The predicted molar refractivity (Wildman–Crippen MR) is 197 cm³/mol. The first kappa shape index (κ1) is 44.9. The van der Waals surface area contributed by atoms with Gasteiger partial charge in [0, 0.05) is 18.7 Å². The summed E-state index contributed by atoms with van der Waals surface area (Å²) in [6.45, 7) is 10.9. The van der Waals surface area contributed by atoms with Gasteiger partial charge >= 0.3 is 0 Å². The van der Waals surface area contributed by atoms with E-state index < -0.39 is 0 Å². The fourth-order valence-corrected chi connectivity index (χ4v) is 4.09. The van der Waals surface area contributed by atoms with Gasteiger partial charge in [0.15, 0.2) is 11.5 Å². The summed E-state index contributed by atoms with van der Waals surface area (Å²) in [7, 11) is 0. The Balaban J connectivity index is 2.18. The fraction of sp³-hybridized carbons (Fsp3) is 0.788. The van der Waals surface area contributed by atoms with Crippen LogP contribution in [-0.2, 0) is 33.2 Å². The van der Waals surface area contributed by atoms with Crippen molar-refractivity contribution in [2.24, 2.45) is 0 Å². The SMILES string of the molecule is CCCOCCOCCOCCOCCOCCOCCOCCNC(=O)c1cc(OCCCS)c(OCCCS)c(OCCCS)c1. The van der Waals surface area contributed by atoms with Crippen LogP contribution in [-0.4, -0.2) is 142 Å². The van der Waals surface area contributed by atoms with E-state index in [0.717, 1.165) is 32.3 Å². The minimum atomic E-state index is -0.266. The molecule has 280 valence electrons. The number of nitrogens with one attached hydrogen (secondary N) is 1. The van der Waals surface area contributed by atoms with Crippen molar-refractivity contribution in [2.75, 3.05) is 136 Å². The lowest BCUT2D eigenvalue weighted by Gasteiger charge is -2.18. The number of carbonyl (C=O) groups excluding carboxylic acids is 1. The molecule has 0 aliphatic carbocycles. The molecular formula is C33H59NO11S3. The van der Waals surface area contributed by atoms with Gasteiger partial charge in [0.2, 0.25) is 5.75 Å². The molecule has 48 heavy (non-hydrogen) atoms. The van der Waals surface area contributed by atoms with Crippen LogP contribution < -0.4 is 19.5 Å².